The molecule has 0 aliphatic carbocycles. The maximum atomic E-state index is 11.8. The average molecular weight is 198 g/mol. The van der Waals surface area contributed by atoms with Crippen LogP contribution in [0.1, 0.15) is 27.2 Å². The van der Waals surface area contributed by atoms with Gasteiger partial charge in [-0.15, -0.1) is 0 Å². The van der Waals surface area contributed by atoms with E-state index >= 15 is 0 Å². The van der Waals surface area contributed by atoms with Crippen molar-refractivity contribution in [3.8, 4) is 0 Å². The van der Waals surface area contributed by atoms with Crippen molar-refractivity contribution >= 4 is 5.97 Å². The largest absolute Gasteiger partial charge is 0.459 e. The smallest absolute Gasteiger partial charge is 0.328 e. The molecule has 3 heterocycles. The van der Waals surface area contributed by atoms with Crippen LogP contribution in [-0.4, -0.2) is 36.2 Å². The summed E-state index contributed by atoms with van der Waals surface area (Å²) >= 11 is 0. The van der Waals surface area contributed by atoms with Crippen LogP contribution in [-0.2, 0) is 9.53 Å². The number of carbonyl (C=O) groups is 1. The van der Waals surface area contributed by atoms with E-state index in [-0.39, 0.29) is 5.97 Å². The van der Waals surface area contributed by atoms with Gasteiger partial charge in [-0.05, 0) is 27.2 Å². The minimum absolute atomic E-state index is 0.117. The quantitative estimate of drug-likeness (QED) is 0.584. The Morgan fingerprint density at radius 3 is 2.57 bits per heavy atom. The second-order valence-corrected chi connectivity index (χ2v) is 5.26. The van der Waals surface area contributed by atoms with E-state index in [2.05, 4.69) is 10.6 Å². The summed E-state index contributed by atoms with van der Waals surface area (Å²) in [5, 5.41) is 6.51. The maximum absolute atomic E-state index is 11.8. The Balaban J connectivity index is 1.98. The first-order valence-electron chi connectivity index (χ1n) is 5.13. The number of carbonyl (C=O) groups excluding carboxylic acids is 1. The molecular formula is C10H18N2O2. The number of hydrogen-bond acceptors (Lipinski definition) is 4. The molecule has 3 fully saturated rings. The molecule has 0 aromatic carbocycles. The Bertz CT molecular complexity index is 246. The molecule has 0 radical (unpaired) electrons. The van der Waals surface area contributed by atoms with Gasteiger partial charge in [-0.1, -0.05) is 0 Å². The van der Waals surface area contributed by atoms with E-state index in [4.69, 9.17) is 4.74 Å². The summed E-state index contributed by atoms with van der Waals surface area (Å²) in [5.41, 5.74) is -0.827. The van der Waals surface area contributed by atoms with Crippen molar-refractivity contribution in [2.24, 2.45) is 0 Å². The molecule has 2 unspecified atom stereocenters. The first-order chi connectivity index (χ1) is 6.41. The molecule has 3 aliphatic heterocycles. The molecule has 3 rings (SSSR count). The normalized spacial score (nSPS) is 36.1. The Kier molecular flexibility index (Phi) is 2.08. The summed E-state index contributed by atoms with van der Waals surface area (Å²) in [7, 11) is 0. The van der Waals surface area contributed by atoms with Crippen molar-refractivity contribution in [2.45, 2.75) is 44.4 Å². The van der Waals surface area contributed by atoms with E-state index in [1.54, 1.807) is 0 Å². The molecule has 0 saturated carbocycles. The van der Waals surface area contributed by atoms with Gasteiger partial charge in [0, 0.05) is 19.1 Å². The highest BCUT2D eigenvalue weighted by Crippen LogP contribution is 2.30. The fourth-order valence-electron chi connectivity index (χ4n) is 2.09. The van der Waals surface area contributed by atoms with E-state index in [0.717, 1.165) is 13.0 Å². The standard InChI is InChI=1S/C10H18N2O2/c1-9(2,3)14-8(13)10-4-7(12-10)5-11-6-10/h7,11-12H,4-6H2,1-3H3. The Hall–Kier alpha value is -0.610. The van der Waals surface area contributed by atoms with Crippen LogP contribution in [0, 0.1) is 0 Å². The lowest BCUT2D eigenvalue weighted by atomic mass is 9.78. The number of nitrogens with one attached hydrogen (secondary N) is 2. The molecule has 3 saturated heterocycles. The summed E-state index contributed by atoms with van der Waals surface area (Å²) < 4.78 is 5.38. The van der Waals surface area contributed by atoms with Crippen molar-refractivity contribution in [2.75, 3.05) is 13.1 Å². The molecule has 0 aromatic heterocycles. The fourth-order valence-corrected chi connectivity index (χ4v) is 2.09. The number of esters is 1. The molecule has 14 heavy (non-hydrogen) atoms. The monoisotopic (exact) mass is 198 g/mol. The second-order valence-electron chi connectivity index (χ2n) is 5.26. The van der Waals surface area contributed by atoms with Gasteiger partial charge in [0.2, 0.25) is 0 Å². The Morgan fingerprint density at radius 1 is 1.50 bits per heavy atom. The molecular weight excluding hydrogens is 180 g/mol. The summed E-state index contributed by atoms with van der Waals surface area (Å²) in [6.45, 7) is 7.35. The van der Waals surface area contributed by atoms with Gasteiger partial charge in [-0.3, -0.25) is 5.32 Å². The highest BCUT2D eigenvalue weighted by molar-refractivity contribution is 5.83. The zero-order chi connectivity index (χ0) is 10.4. The number of hydrogen-bond donors (Lipinski definition) is 2. The molecule has 80 valence electrons. The first-order valence-corrected chi connectivity index (χ1v) is 5.13. The fraction of sp³-hybridized carbons (Fsp3) is 0.900. The van der Waals surface area contributed by atoms with Crippen LogP contribution in [0.2, 0.25) is 0 Å². The van der Waals surface area contributed by atoms with Crippen LogP contribution < -0.4 is 10.6 Å². The van der Waals surface area contributed by atoms with Gasteiger partial charge in [-0.2, -0.15) is 0 Å². The van der Waals surface area contributed by atoms with E-state index in [1.807, 2.05) is 20.8 Å². The number of fused-ring (bicyclic) bond motifs is 2. The number of ether oxygens (including phenoxy) is 1. The second kappa shape index (κ2) is 2.94. The van der Waals surface area contributed by atoms with Gasteiger partial charge in [0.1, 0.15) is 11.1 Å². The minimum atomic E-state index is -0.434. The first kappa shape index (κ1) is 9.93. The van der Waals surface area contributed by atoms with Crippen molar-refractivity contribution in [3.05, 3.63) is 0 Å². The van der Waals surface area contributed by atoms with Crippen LogP contribution in [0.4, 0.5) is 0 Å². The molecule has 0 spiro atoms. The van der Waals surface area contributed by atoms with E-state index in [1.165, 1.54) is 0 Å². The maximum Gasteiger partial charge on any atom is 0.328 e. The van der Waals surface area contributed by atoms with Gasteiger partial charge >= 0.3 is 5.97 Å². The highest BCUT2D eigenvalue weighted by atomic mass is 16.6. The lowest BCUT2D eigenvalue weighted by Gasteiger charge is -2.52. The molecule has 2 bridgehead atoms. The molecule has 3 aliphatic rings. The predicted molar refractivity (Wildman–Crippen MR) is 53.0 cm³/mol. The zero-order valence-electron chi connectivity index (χ0n) is 9.02. The number of rotatable bonds is 1. The Labute approximate surface area is 84.4 Å². The summed E-state index contributed by atoms with van der Waals surface area (Å²) in [6, 6.07) is 0.455. The van der Waals surface area contributed by atoms with Crippen LogP contribution in [0.25, 0.3) is 0 Å². The van der Waals surface area contributed by atoms with E-state index in [9.17, 15) is 4.79 Å². The van der Waals surface area contributed by atoms with Gasteiger partial charge in [0.25, 0.3) is 0 Å². The third-order valence-electron chi connectivity index (χ3n) is 2.68. The van der Waals surface area contributed by atoms with E-state index in [0.29, 0.717) is 12.6 Å². The predicted octanol–water partition coefficient (Wildman–Crippen LogP) is 0.0320. The average Bonchev–Trinajstić information content (AvgIpc) is 2.00. The van der Waals surface area contributed by atoms with Gasteiger partial charge in [-0.25, -0.2) is 4.79 Å². The zero-order valence-corrected chi connectivity index (χ0v) is 9.02. The third-order valence-corrected chi connectivity index (χ3v) is 2.68. The summed E-state index contributed by atoms with van der Waals surface area (Å²) in [6.07, 6.45) is 0.912. The van der Waals surface area contributed by atoms with Crippen molar-refractivity contribution in [3.63, 3.8) is 0 Å². The van der Waals surface area contributed by atoms with Gasteiger partial charge in [0.15, 0.2) is 0 Å². The van der Waals surface area contributed by atoms with Gasteiger partial charge in [0.05, 0.1) is 0 Å². The molecule has 4 nitrogen and oxygen atoms in total. The van der Waals surface area contributed by atoms with Crippen molar-refractivity contribution in [1.29, 1.82) is 0 Å². The summed E-state index contributed by atoms with van der Waals surface area (Å²) in [4.78, 5) is 11.8. The third kappa shape index (κ3) is 1.64. The molecule has 2 N–H and O–H groups in total. The van der Waals surface area contributed by atoms with Crippen LogP contribution in [0.15, 0.2) is 0 Å². The lowest BCUT2D eigenvalue weighted by molar-refractivity contribution is -0.170. The molecule has 2 atom stereocenters. The Morgan fingerprint density at radius 2 is 2.14 bits per heavy atom. The van der Waals surface area contributed by atoms with E-state index < -0.39 is 11.1 Å². The topological polar surface area (TPSA) is 50.4 Å². The summed E-state index contributed by atoms with van der Waals surface area (Å²) in [5.74, 6) is -0.117. The highest BCUT2D eigenvalue weighted by Gasteiger charge is 2.53. The molecule has 0 aromatic rings. The number of piperazine rings is 1. The lowest BCUT2D eigenvalue weighted by Crippen LogP contribution is -2.78. The van der Waals surface area contributed by atoms with Crippen LogP contribution >= 0.6 is 0 Å². The minimum Gasteiger partial charge on any atom is -0.459 e. The van der Waals surface area contributed by atoms with Crippen LogP contribution in [0.3, 0.4) is 0 Å². The van der Waals surface area contributed by atoms with Gasteiger partial charge < -0.3 is 10.1 Å². The number of piperidine rings is 1. The molecule has 4 heteroatoms. The van der Waals surface area contributed by atoms with Crippen molar-refractivity contribution in [1.82, 2.24) is 10.6 Å². The SMILES string of the molecule is CC(C)(C)OC(=O)C12CNCC(C1)N2. The van der Waals surface area contributed by atoms with Crippen LogP contribution in [0.5, 0.6) is 0 Å². The molecule has 0 amide bonds. The van der Waals surface area contributed by atoms with Crippen molar-refractivity contribution < 1.29 is 9.53 Å².